The number of sulfone groups is 1. The normalized spacial score (nSPS) is 14.5. The highest BCUT2D eigenvalue weighted by Crippen LogP contribution is 2.44. The molecular weight excluding hydrogens is 375 g/mol. The maximum Gasteiger partial charge on any atom is 0.177 e. The molecule has 138 valence electrons. The van der Waals surface area contributed by atoms with E-state index >= 15 is 0 Å². The first-order valence-electron chi connectivity index (χ1n) is 8.25. The molecule has 0 atom stereocenters. The number of aryl methyl sites for hydroxylation is 1. The van der Waals surface area contributed by atoms with Crippen LogP contribution in [-0.4, -0.2) is 24.2 Å². The lowest BCUT2D eigenvalue weighted by Gasteiger charge is -2.12. The van der Waals surface area contributed by atoms with E-state index in [1.807, 2.05) is 13.8 Å². The Morgan fingerprint density at radius 1 is 1.15 bits per heavy atom. The van der Waals surface area contributed by atoms with E-state index < -0.39 is 9.84 Å². The Labute approximate surface area is 158 Å². The van der Waals surface area contributed by atoms with E-state index in [0.717, 1.165) is 40.6 Å². The van der Waals surface area contributed by atoms with Gasteiger partial charge in [-0.1, -0.05) is 0 Å². The number of benzene rings is 1. The third-order valence-electron chi connectivity index (χ3n) is 4.97. The average molecular weight is 395 g/mol. The molecule has 1 aliphatic carbocycles. The number of nitrogens with zero attached hydrogens (tertiary/aromatic N) is 2. The lowest BCUT2D eigenvalue weighted by Crippen LogP contribution is -2.03. The zero-order valence-corrected chi connectivity index (χ0v) is 16.4. The predicted molar refractivity (Wildman–Crippen MR) is 103 cm³/mol. The third kappa shape index (κ3) is 2.91. The van der Waals surface area contributed by atoms with Gasteiger partial charge in [0.25, 0.3) is 0 Å². The molecule has 0 spiro atoms. The summed E-state index contributed by atoms with van der Waals surface area (Å²) in [5.74, 6) is -0.308. The van der Waals surface area contributed by atoms with Crippen LogP contribution in [0, 0.1) is 19.7 Å². The number of fused-ring (bicyclic) bond motifs is 1. The fourth-order valence-electron chi connectivity index (χ4n) is 3.50. The van der Waals surface area contributed by atoms with Gasteiger partial charge in [0.05, 0.1) is 16.1 Å². The minimum absolute atomic E-state index is 0. The smallest absolute Gasteiger partial charge is 0.177 e. The summed E-state index contributed by atoms with van der Waals surface area (Å²) in [6.07, 6.45) is 4.80. The molecule has 0 aliphatic heterocycles. The first-order chi connectivity index (χ1) is 11.8. The monoisotopic (exact) mass is 394 g/mol. The van der Waals surface area contributed by atoms with Gasteiger partial charge in [0.2, 0.25) is 0 Å². The molecule has 1 aromatic carbocycles. The molecule has 1 aliphatic rings. The van der Waals surface area contributed by atoms with E-state index in [2.05, 4.69) is 9.55 Å². The highest BCUT2D eigenvalue weighted by molar-refractivity contribution is 7.91. The summed E-state index contributed by atoms with van der Waals surface area (Å²) in [6, 6.07) is 6.56. The van der Waals surface area contributed by atoms with Gasteiger partial charge in [-0.2, -0.15) is 0 Å². The SMILES string of the molecule is Cc1c(C)n(C2CC2)c2c(-c3ccc(F)cc3)ncc(S(C)(=O)=O)c12.Cl. The summed E-state index contributed by atoms with van der Waals surface area (Å²) in [7, 11) is -3.40. The fourth-order valence-corrected chi connectivity index (χ4v) is 4.36. The van der Waals surface area contributed by atoms with Crippen molar-refractivity contribution < 1.29 is 12.8 Å². The summed E-state index contributed by atoms with van der Waals surface area (Å²) in [4.78, 5) is 4.73. The maximum absolute atomic E-state index is 13.3. The van der Waals surface area contributed by atoms with Gasteiger partial charge in [0.15, 0.2) is 9.84 Å². The fraction of sp³-hybridized carbons (Fsp3) is 0.316. The summed E-state index contributed by atoms with van der Waals surface area (Å²) < 4.78 is 40.1. The molecule has 1 saturated carbocycles. The first-order valence-corrected chi connectivity index (χ1v) is 10.1. The van der Waals surface area contributed by atoms with Crippen molar-refractivity contribution in [3.63, 3.8) is 0 Å². The van der Waals surface area contributed by atoms with Crippen molar-refractivity contribution in [3.8, 4) is 11.3 Å². The van der Waals surface area contributed by atoms with Crippen LogP contribution in [0.15, 0.2) is 35.4 Å². The Morgan fingerprint density at radius 3 is 2.31 bits per heavy atom. The zero-order chi connectivity index (χ0) is 17.9. The van der Waals surface area contributed by atoms with Gasteiger partial charge in [-0.25, -0.2) is 12.8 Å². The number of halogens is 2. The van der Waals surface area contributed by atoms with E-state index in [4.69, 9.17) is 0 Å². The lowest BCUT2D eigenvalue weighted by molar-refractivity contribution is 0.602. The van der Waals surface area contributed by atoms with E-state index in [1.54, 1.807) is 12.1 Å². The number of aromatic nitrogens is 2. The molecule has 0 N–H and O–H groups in total. The van der Waals surface area contributed by atoms with Crippen LogP contribution in [0.5, 0.6) is 0 Å². The third-order valence-corrected chi connectivity index (χ3v) is 6.08. The Balaban J connectivity index is 0.00000196. The van der Waals surface area contributed by atoms with Crippen LogP contribution in [0.3, 0.4) is 0 Å². The van der Waals surface area contributed by atoms with Gasteiger partial charge in [-0.05, 0) is 56.5 Å². The molecule has 0 radical (unpaired) electrons. The van der Waals surface area contributed by atoms with Crippen LogP contribution in [0.1, 0.15) is 30.1 Å². The maximum atomic E-state index is 13.3. The molecule has 4 rings (SSSR count). The van der Waals surface area contributed by atoms with E-state index in [0.29, 0.717) is 11.7 Å². The summed E-state index contributed by atoms with van der Waals surface area (Å²) in [5.41, 5.74) is 4.36. The standard InChI is InChI=1S/C19H19FN2O2S.ClH/c1-11-12(2)22(15-8-9-15)19-17(11)16(25(3,23)24)10-21-18(19)13-4-6-14(20)7-5-13;/h4-7,10,15H,8-9H2,1-3H3;1H. The average Bonchev–Trinajstić information content (AvgIpc) is 3.35. The molecule has 1 fully saturated rings. The number of pyridine rings is 1. The van der Waals surface area contributed by atoms with Gasteiger partial charge >= 0.3 is 0 Å². The van der Waals surface area contributed by atoms with Gasteiger partial charge in [-0.3, -0.25) is 4.98 Å². The van der Waals surface area contributed by atoms with Gasteiger partial charge in [0, 0.05) is 35.1 Å². The zero-order valence-electron chi connectivity index (χ0n) is 14.8. The molecule has 2 heterocycles. The molecule has 4 nitrogen and oxygen atoms in total. The second-order valence-corrected chi connectivity index (χ2v) is 8.77. The van der Waals surface area contributed by atoms with Crippen LogP contribution in [-0.2, 0) is 9.84 Å². The Bertz CT molecular complexity index is 1100. The summed E-state index contributed by atoms with van der Waals surface area (Å²) in [6.45, 7) is 3.98. The molecule has 7 heteroatoms. The number of rotatable bonds is 3. The van der Waals surface area contributed by atoms with Gasteiger partial charge < -0.3 is 4.57 Å². The predicted octanol–water partition coefficient (Wildman–Crippen LogP) is 4.62. The van der Waals surface area contributed by atoms with Crippen molar-refractivity contribution in [2.45, 2.75) is 37.6 Å². The van der Waals surface area contributed by atoms with E-state index in [-0.39, 0.29) is 23.1 Å². The first kappa shape index (κ1) is 18.9. The molecule has 2 aromatic heterocycles. The quantitative estimate of drug-likeness (QED) is 0.651. The van der Waals surface area contributed by atoms with E-state index in [1.165, 1.54) is 24.6 Å². The van der Waals surface area contributed by atoms with Crippen LogP contribution >= 0.6 is 12.4 Å². The largest absolute Gasteiger partial charge is 0.340 e. The number of hydrogen-bond acceptors (Lipinski definition) is 3. The minimum atomic E-state index is -3.40. The van der Waals surface area contributed by atoms with Gasteiger partial charge in [-0.15, -0.1) is 12.4 Å². The topological polar surface area (TPSA) is 52.0 Å². The molecule has 0 unspecified atom stereocenters. The van der Waals surface area contributed by atoms with Crippen molar-refractivity contribution >= 4 is 33.1 Å². The molecule has 0 saturated heterocycles. The van der Waals surface area contributed by atoms with Crippen molar-refractivity contribution in [1.29, 1.82) is 0 Å². The summed E-state index contributed by atoms with van der Waals surface area (Å²) >= 11 is 0. The van der Waals surface area contributed by atoms with Crippen molar-refractivity contribution in [1.82, 2.24) is 9.55 Å². The molecule has 0 amide bonds. The minimum Gasteiger partial charge on any atom is -0.340 e. The van der Waals surface area contributed by atoms with Crippen molar-refractivity contribution in [2.24, 2.45) is 0 Å². The van der Waals surface area contributed by atoms with Gasteiger partial charge in [0.1, 0.15) is 5.82 Å². The highest BCUT2D eigenvalue weighted by Gasteiger charge is 2.31. The van der Waals surface area contributed by atoms with Crippen LogP contribution in [0.25, 0.3) is 22.2 Å². The Morgan fingerprint density at radius 2 is 1.77 bits per heavy atom. The van der Waals surface area contributed by atoms with Crippen molar-refractivity contribution in [2.75, 3.05) is 6.26 Å². The molecule has 0 bridgehead atoms. The summed E-state index contributed by atoms with van der Waals surface area (Å²) in [5, 5.41) is 0.737. The Hall–Kier alpha value is -1.92. The molecule has 26 heavy (non-hydrogen) atoms. The van der Waals surface area contributed by atoms with Crippen molar-refractivity contribution in [3.05, 3.63) is 47.5 Å². The lowest BCUT2D eigenvalue weighted by atomic mass is 10.1. The molecule has 3 aromatic rings. The number of hydrogen-bond donors (Lipinski definition) is 0. The molecular formula is C19H20ClFN2O2S. The van der Waals surface area contributed by atoms with Crippen LogP contribution < -0.4 is 0 Å². The second kappa shape index (κ2) is 6.35. The Kier molecular flexibility index (Phi) is 4.61. The second-order valence-electron chi connectivity index (χ2n) is 6.79. The van der Waals surface area contributed by atoms with Crippen LogP contribution in [0.2, 0.25) is 0 Å². The highest BCUT2D eigenvalue weighted by atomic mass is 35.5. The van der Waals surface area contributed by atoms with E-state index in [9.17, 15) is 12.8 Å². The van der Waals surface area contributed by atoms with Crippen LogP contribution in [0.4, 0.5) is 4.39 Å².